The molecule has 5 aliphatic heterocycles. The molecule has 15 nitrogen and oxygen atoms in total. The molecule has 2 N–H and O–H groups in total. The van der Waals surface area contributed by atoms with E-state index in [2.05, 4.69) is 25.7 Å². The molecule has 0 saturated carbocycles. The normalized spacial score (nSPS) is 43.7. The Labute approximate surface area is 343 Å². The lowest BCUT2D eigenvalue weighted by molar-refractivity contribution is -0.358. The zero-order chi connectivity index (χ0) is 42.5. The highest BCUT2D eigenvalue weighted by Crippen LogP contribution is 2.46. The van der Waals surface area contributed by atoms with Crippen LogP contribution in [0.3, 0.4) is 0 Å². The van der Waals surface area contributed by atoms with Gasteiger partial charge in [0.1, 0.15) is 42.7 Å². The summed E-state index contributed by atoms with van der Waals surface area (Å²) in [6.07, 6.45) is -3.31. The zero-order valence-corrected chi connectivity index (χ0v) is 35.9. The van der Waals surface area contributed by atoms with E-state index in [0.29, 0.717) is 12.3 Å². The minimum absolute atomic E-state index is 0.0731. The largest absolute Gasteiger partial charge is 0.457 e. The monoisotopic (exact) mass is 822 g/mol. The summed E-state index contributed by atoms with van der Waals surface area (Å²) < 4.78 is 67.5. The first-order valence-corrected chi connectivity index (χ1v) is 20.5. The van der Waals surface area contributed by atoms with Crippen LogP contribution in [-0.2, 0) is 61.7 Å². The van der Waals surface area contributed by atoms with E-state index in [9.17, 15) is 19.8 Å². The molecule has 15 heteroatoms. The second kappa shape index (κ2) is 20.0. The Morgan fingerprint density at radius 3 is 2.16 bits per heavy atom. The highest BCUT2D eigenvalue weighted by molar-refractivity contribution is 5.86. The molecule has 5 fully saturated rings. The number of methoxy groups -OCH3 is 4. The molecule has 17 atom stereocenters. The van der Waals surface area contributed by atoms with Crippen LogP contribution in [-0.4, -0.2) is 149 Å². The molecule has 5 saturated heterocycles. The van der Waals surface area contributed by atoms with Crippen molar-refractivity contribution in [3.63, 3.8) is 0 Å². The van der Waals surface area contributed by atoms with Gasteiger partial charge >= 0.3 is 5.97 Å². The van der Waals surface area contributed by atoms with Gasteiger partial charge in [-0.05, 0) is 37.5 Å². The van der Waals surface area contributed by atoms with Crippen LogP contribution in [0.1, 0.15) is 74.1 Å². The number of hydrogen-bond donors (Lipinski definition) is 2. The molecule has 0 unspecified atom stereocenters. The topological polar surface area (TPSA) is 176 Å². The number of fused-ring (bicyclic) bond motifs is 4. The Balaban J connectivity index is 1.40. The smallest absolute Gasteiger partial charge is 0.309 e. The fourth-order valence-corrected chi connectivity index (χ4v) is 8.56. The molecule has 5 rings (SSSR count). The van der Waals surface area contributed by atoms with Gasteiger partial charge in [-0.25, -0.2) is 0 Å². The fourth-order valence-electron chi connectivity index (χ4n) is 8.56. The number of cyclic esters (lactones) is 1. The molecule has 0 aromatic rings. The van der Waals surface area contributed by atoms with Crippen molar-refractivity contribution in [3.05, 3.63) is 24.3 Å². The van der Waals surface area contributed by atoms with E-state index in [1.54, 1.807) is 32.1 Å². The maximum Gasteiger partial charge on any atom is 0.309 e. The van der Waals surface area contributed by atoms with Crippen molar-refractivity contribution < 1.29 is 71.9 Å². The number of esters is 1. The van der Waals surface area contributed by atoms with Crippen LogP contribution in [0.5, 0.6) is 0 Å². The number of hydrogen-bond acceptors (Lipinski definition) is 15. The quantitative estimate of drug-likeness (QED) is 0.243. The van der Waals surface area contributed by atoms with Crippen LogP contribution in [0.25, 0.3) is 0 Å². The van der Waals surface area contributed by atoms with Gasteiger partial charge in [0.2, 0.25) is 5.79 Å². The van der Waals surface area contributed by atoms with Crippen molar-refractivity contribution in [2.24, 2.45) is 23.2 Å². The van der Waals surface area contributed by atoms with Crippen LogP contribution >= 0.6 is 0 Å². The summed E-state index contributed by atoms with van der Waals surface area (Å²) in [7, 11) is 6.01. The molecule has 0 spiro atoms. The number of rotatable bonds is 10. The van der Waals surface area contributed by atoms with Crippen LogP contribution in [0, 0.1) is 35.0 Å². The van der Waals surface area contributed by atoms with Crippen molar-refractivity contribution in [1.82, 2.24) is 0 Å². The van der Waals surface area contributed by atoms with Crippen molar-refractivity contribution in [2.75, 3.05) is 35.0 Å². The van der Waals surface area contributed by atoms with Gasteiger partial charge in [-0.2, -0.15) is 0 Å². The number of allylic oxidation sites excluding steroid dienone is 3. The Hall–Kier alpha value is -2.30. The number of carbonyl (C=O) groups excluding carboxylic acids is 2. The van der Waals surface area contributed by atoms with Crippen molar-refractivity contribution >= 4 is 11.8 Å². The predicted molar refractivity (Wildman–Crippen MR) is 208 cm³/mol. The van der Waals surface area contributed by atoms with Gasteiger partial charge in [0.25, 0.3) is 0 Å². The average Bonchev–Trinajstić information content (AvgIpc) is 3.50. The number of aliphatic hydroxyl groups is 2. The summed E-state index contributed by atoms with van der Waals surface area (Å²) >= 11 is 0. The summed E-state index contributed by atoms with van der Waals surface area (Å²) in [6.45, 7) is 13.4. The third-order valence-corrected chi connectivity index (χ3v) is 12.5. The summed E-state index contributed by atoms with van der Waals surface area (Å²) in [4.78, 5) is 27.9. The predicted octanol–water partition coefficient (Wildman–Crippen LogP) is 3.26. The minimum Gasteiger partial charge on any atom is -0.457 e. The molecule has 58 heavy (non-hydrogen) atoms. The van der Waals surface area contributed by atoms with Crippen molar-refractivity contribution in [2.45, 2.75) is 166 Å². The van der Waals surface area contributed by atoms with Gasteiger partial charge < -0.3 is 62.3 Å². The second-order valence-corrected chi connectivity index (χ2v) is 17.2. The number of carbonyl (C=O) groups is 2. The molecule has 5 heterocycles. The second-order valence-electron chi connectivity index (χ2n) is 17.2. The SMILES string of the molecule is CO[C@@H]1[C@H](O[C@@H]2[C@@H](OC)[C@H](O[C@H]3C[C@H]4CC(=O)[C@]5(O)O[C@H](C[C@H]5C)C(C)(C)[C@@H](/C=C/C#C/C=C/C(C)C)OC(=O)C[C@H](O4)[C@@H]3C)OC[C@H]2OC)O[C@@H](C)[C@@H](O)[C@H]1OC. The first kappa shape index (κ1) is 46.8. The summed E-state index contributed by atoms with van der Waals surface area (Å²) in [5.74, 6) is 2.30. The maximum absolute atomic E-state index is 14.0. The van der Waals surface area contributed by atoms with E-state index >= 15 is 0 Å². The van der Waals surface area contributed by atoms with E-state index in [4.69, 9.17) is 52.1 Å². The van der Waals surface area contributed by atoms with Gasteiger partial charge in [-0.1, -0.05) is 59.5 Å². The van der Waals surface area contributed by atoms with E-state index in [-0.39, 0.29) is 31.8 Å². The molecular weight excluding hydrogens is 756 g/mol. The molecule has 5 aliphatic rings. The van der Waals surface area contributed by atoms with Crippen LogP contribution in [0.2, 0.25) is 0 Å². The van der Waals surface area contributed by atoms with Gasteiger partial charge in [0.15, 0.2) is 18.4 Å². The Morgan fingerprint density at radius 2 is 1.50 bits per heavy atom. The van der Waals surface area contributed by atoms with Crippen LogP contribution in [0.4, 0.5) is 0 Å². The number of Topliss-reactive ketones (excluding diaryl/α,β-unsaturated/α-hetero) is 1. The van der Waals surface area contributed by atoms with Gasteiger partial charge in [0.05, 0.1) is 43.5 Å². The lowest BCUT2D eigenvalue weighted by Gasteiger charge is -2.48. The lowest BCUT2D eigenvalue weighted by Crippen LogP contribution is -2.63. The molecule has 0 radical (unpaired) electrons. The van der Waals surface area contributed by atoms with Gasteiger partial charge in [-0.15, -0.1) is 0 Å². The third kappa shape index (κ3) is 10.2. The van der Waals surface area contributed by atoms with Gasteiger partial charge in [-0.3, -0.25) is 9.59 Å². The zero-order valence-electron chi connectivity index (χ0n) is 35.9. The third-order valence-electron chi connectivity index (χ3n) is 12.5. The highest BCUT2D eigenvalue weighted by Gasteiger charge is 2.57. The summed E-state index contributed by atoms with van der Waals surface area (Å²) in [5, 5.41) is 22.6. The van der Waals surface area contributed by atoms with E-state index < -0.39 is 115 Å². The Bertz CT molecular complexity index is 1500. The summed E-state index contributed by atoms with van der Waals surface area (Å²) in [6, 6.07) is 0. The molecule has 0 aromatic heterocycles. The molecule has 4 bridgehead atoms. The van der Waals surface area contributed by atoms with Crippen LogP contribution in [0.15, 0.2) is 24.3 Å². The van der Waals surface area contributed by atoms with Crippen molar-refractivity contribution in [1.29, 1.82) is 0 Å². The van der Waals surface area contributed by atoms with Gasteiger partial charge in [0, 0.05) is 58.5 Å². The van der Waals surface area contributed by atoms with E-state index in [0.717, 1.165) is 0 Å². The van der Waals surface area contributed by atoms with E-state index in [1.807, 2.05) is 26.8 Å². The molecule has 328 valence electrons. The first-order chi connectivity index (χ1) is 27.5. The molecule has 0 aromatic carbocycles. The maximum atomic E-state index is 14.0. The fraction of sp³-hybridized carbons (Fsp3) is 0.814. The molecule has 0 amide bonds. The molecular formula is C43H66O15. The van der Waals surface area contributed by atoms with Crippen LogP contribution < -0.4 is 0 Å². The average molecular weight is 823 g/mol. The number of ether oxygens (including phenoxy) is 11. The number of ketones is 1. The minimum atomic E-state index is -2.07. The molecule has 0 aliphatic carbocycles. The Morgan fingerprint density at radius 1 is 0.828 bits per heavy atom. The first-order valence-electron chi connectivity index (χ1n) is 20.5. The van der Waals surface area contributed by atoms with E-state index in [1.165, 1.54) is 28.4 Å². The Kier molecular flexibility index (Phi) is 16.2. The lowest BCUT2D eigenvalue weighted by atomic mass is 9.77. The highest BCUT2D eigenvalue weighted by atomic mass is 16.8. The van der Waals surface area contributed by atoms with Crippen molar-refractivity contribution in [3.8, 4) is 11.8 Å². The standard InChI is InChI=1S/C43H66O15/c1-23(2)16-14-12-13-15-17-32-42(6,7)33-18-24(3)43(47,58-33)31(44)20-27-19-28(25(4)29(54-27)21-34(45)56-32)55-40-38(50-10)36(30(48-8)22-52-40)57-41-39(51-11)37(49-9)35(46)26(5)53-41/h14-17,23-30,32-33,35-41,46-47H,18-22H2,1-11H3/b16-14+,17-15+/t24-,25-,26+,27+,28+,29+,30-,32-,33-,35-,36+,37-,38-,39+,40+,41+,43-/m1/s1. The number of aliphatic hydroxyl groups excluding tert-OH is 1. The summed E-state index contributed by atoms with van der Waals surface area (Å²) in [5.41, 5.74) is -0.845.